The van der Waals surface area contributed by atoms with Gasteiger partial charge in [0.25, 0.3) is 0 Å². The lowest BCUT2D eigenvalue weighted by Gasteiger charge is -2.32. The molecule has 0 bridgehead atoms. The van der Waals surface area contributed by atoms with E-state index in [0.717, 1.165) is 31.3 Å². The fourth-order valence-electron chi connectivity index (χ4n) is 2.78. The number of alkyl halides is 1. The van der Waals surface area contributed by atoms with Gasteiger partial charge in [0.1, 0.15) is 5.75 Å². The van der Waals surface area contributed by atoms with E-state index in [2.05, 4.69) is 0 Å². The van der Waals surface area contributed by atoms with Crippen LogP contribution in [0.1, 0.15) is 32.3 Å². The summed E-state index contributed by atoms with van der Waals surface area (Å²) in [5.74, 6) is 0.448. The minimum Gasteiger partial charge on any atom is -0.383 e. The van der Waals surface area contributed by atoms with Crippen molar-refractivity contribution in [3.8, 4) is 5.75 Å². The second-order valence-corrected chi connectivity index (χ2v) is 9.11. The topological polar surface area (TPSA) is 72.9 Å². The van der Waals surface area contributed by atoms with Gasteiger partial charge in [0.15, 0.2) is 0 Å². The fraction of sp³-hybridized carbons (Fsp3) is 0.611. The molecule has 1 saturated heterocycles. The highest BCUT2D eigenvalue weighted by molar-refractivity contribution is 7.86. The van der Waals surface area contributed by atoms with E-state index in [9.17, 15) is 13.2 Å². The molecule has 0 N–H and O–H groups in total. The zero-order valence-electron chi connectivity index (χ0n) is 15.4. The van der Waals surface area contributed by atoms with Crippen molar-refractivity contribution in [1.82, 2.24) is 4.90 Å². The number of benzene rings is 1. The Morgan fingerprint density at radius 3 is 2.50 bits per heavy atom. The Labute approximate surface area is 160 Å². The van der Waals surface area contributed by atoms with Gasteiger partial charge in [-0.25, -0.2) is 0 Å². The van der Waals surface area contributed by atoms with Crippen LogP contribution in [0.3, 0.4) is 0 Å². The van der Waals surface area contributed by atoms with E-state index in [4.69, 9.17) is 20.5 Å². The monoisotopic (exact) mass is 403 g/mol. The largest absolute Gasteiger partial charge is 0.383 e. The van der Waals surface area contributed by atoms with E-state index >= 15 is 0 Å². The second-order valence-electron chi connectivity index (χ2n) is 7.27. The molecule has 1 atom stereocenters. The Hall–Kier alpha value is -1.31. The van der Waals surface area contributed by atoms with Crippen molar-refractivity contribution in [2.75, 3.05) is 25.3 Å². The van der Waals surface area contributed by atoms with E-state index in [-0.39, 0.29) is 23.6 Å². The molecule has 26 heavy (non-hydrogen) atoms. The number of carbonyl (C=O) groups is 1. The normalized spacial score (nSPS) is 17.9. The Morgan fingerprint density at radius 2 is 2.00 bits per heavy atom. The highest BCUT2D eigenvalue weighted by Crippen LogP contribution is 2.25. The molecule has 0 aromatic heterocycles. The molecule has 6 nitrogen and oxygen atoms in total. The van der Waals surface area contributed by atoms with Crippen LogP contribution >= 0.6 is 11.6 Å². The van der Waals surface area contributed by atoms with Gasteiger partial charge in [0.05, 0.1) is 17.8 Å². The third-order valence-corrected chi connectivity index (χ3v) is 5.36. The number of amides is 1. The van der Waals surface area contributed by atoms with Crippen LogP contribution in [0, 0.1) is 5.41 Å². The first kappa shape index (κ1) is 21.0. The zero-order valence-corrected chi connectivity index (χ0v) is 17.0. The lowest BCUT2D eigenvalue weighted by Crippen LogP contribution is -2.44. The van der Waals surface area contributed by atoms with Crippen LogP contribution in [0.4, 0.5) is 0 Å². The summed E-state index contributed by atoms with van der Waals surface area (Å²) in [7, 11) is -3.56. The standard InChI is InChI=1S/C18H26ClNO5S/c1-18(2,13-19)17(21)20(12-16-5-4-10-24-16)11-14-6-8-15(9-7-14)25-26(3,22)23/h6-9,16H,4-5,10-13H2,1-3H3/t16-/m0/s1. The van der Waals surface area contributed by atoms with E-state index < -0.39 is 15.5 Å². The molecular formula is C18H26ClNO5S. The molecule has 1 aliphatic heterocycles. The molecule has 8 heteroatoms. The lowest BCUT2D eigenvalue weighted by atomic mass is 9.93. The van der Waals surface area contributed by atoms with Crippen LogP contribution in [-0.2, 0) is 26.2 Å². The van der Waals surface area contributed by atoms with E-state index in [1.807, 2.05) is 13.8 Å². The van der Waals surface area contributed by atoms with Crippen LogP contribution < -0.4 is 4.18 Å². The summed E-state index contributed by atoms with van der Waals surface area (Å²) >= 11 is 5.98. The molecule has 0 saturated carbocycles. The van der Waals surface area contributed by atoms with Gasteiger partial charge >= 0.3 is 10.1 Å². The first-order chi connectivity index (χ1) is 12.1. The Morgan fingerprint density at radius 1 is 1.35 bits per heavy atom. The molecule has 1 heterocycles. The summed E-state index contributed by atoms with van der Waals surface area (Å²) < 4.78 is 32.9. The maximum atomic E-state index is 12.9. The number of carbonyl (C=O) groups excluding carboxylic acids is 1. The third kappa shape index (κ3) is 6.14. The summed E-state index contributed by atoms with van der Waals surface area (Å²) in [5.41, 5.74) is 0.210. The number of hydrogen-bond donors (Lipinski definition) is 0. The lowest BCUT2D eigenvalue weighted by molar-refractivity contribution is -0.141. The quantitative estimate of drug-likeness (QED) is 0.493. The van der Waals surface area contributed by atoms with Gasteiger partial charge in [-0.2, -0.15) is 8.42 Å². The van der Waals surface area contributed by atoms with Gasteiger partial charge in [0.2, 0.25) is 5.91 Å². The van der Waals surface area contributed by atoms with Gasteiger partial charge in [0, 0.05) is 25.6 Å². The first-order valence-electron chi connectivity index (χ1n) is 8.56. The number of rotatable bonds is 8. The summed E-state index contributed by atoms with van der Waals surface area (Å²) in [6, 6.07) is 6.67. The van der Waals surface area contributed by atoms with Gasteiger partial charge in [-0.05, 0) is 44.4 Å². The Kier molecular flexibility index (Phi) is 6.93. The summed E-state index contributed by atoms with van der Waals surface area (Å²) in [4.78, 5) is 14.7. The number of hydrogen-bond acceptors (Lipinski definition) is 5. The van der Waals surface area contributed by atoms with Gasteiger partial charge < -0.3 is 13.8 Å². The number of halogens is 1. The molecule has 1 amide bonds. The molecule has 1 aliphatic rings. The zero-order chi connectivity index (χ0) is 19.4. The van der Waals surface area contributed by atoms with E-state index in [0.29, 0.717) is 13.1 Å². The van der Waals surface area contributed by atoms with Crippen molar-refractivity contribution in [2.24, 2.45) is 5.41 Å². The van der Waals surface area contributed by atoms with Crippen molar-refractivity contribution in [3.63, 3.8) is 0 Å². The minimum atomic E-state index is -3.56. The average Bonchev–Trinajstić information content (AvgIpc) is 3.07. The Bertz CT molecular complexity index is 712. The minimum absolute atomic E-state index is 0.0283. The smallest absolute Gasteiger partial charge is 0.306 e. The molecule has 146 valence electrons. The predicted octanol–water partition coefficient (Wildman–Crippen LogP) is 2.80. The van der Waals surface area contributed by atoms with Crippen LogP contribution in [0.15, 0.2) is 24.3 Å². The highest BCUT2D eigenvalue weighted by Gasteiger charge is 2.33. The molecule has 0 unspecified atom stereocenters. The molecular weight excluding hydrogens is 378 g/mol. The number of nitrogens with zero attached hydrogens (tertiary/aromatic N) is 1. The Balaban J connectivity index is 2.13. The van der Waals surface area contributed by atoms with E-state index in [1.54, 1.807) is 29.2 Å². The first-order valence-corrected chi connectivity index (χ1v) is 10.9. The molecule has 2 rings (SSSR count). The summed E-state index contributed by atoms with van der Waals surface area (Å²) in [5, 5.41) is 0. The highest BCUT2D eigenvalue weighted by atomic mass is 35.5. The van der Waals surface area contributed by atoms with Crippen molar-refractivity contribution in [2.45, 2.75) is 39.3 Å². The predicted molar refractivity (Wildman–Crippen MR) is 101 cm³/mol. The second kappa shape index (κ2) is 8.59. The third-order valence-electron chi connectivity index (χ3n) is 4.19. The molecule has 1 aromatic carbocycles. The molecule has 1 aromatic rings. The molecule has 0 aliphatic carbocycles. The van der Waals surface area contributed by atoms with Crippen molar-refractivity contribution < 1.29 is 22.1 Å². The van der Waals surface area contributed by atoms with Crippen molar-refractivity contribution >= 4 is 27.6 Å². The SMILES string of the molecule is CC(C)(CCl)C(=O)N(Cc1ccc(OS(C)(=O)=O)cc1)C[C@@H]1CCCO1. The molecule has 1 fully saturated rings. The van der Waals surface area contributed by atoms with Gasteiger partial charge in [-0.15, -0.1) is 11.6 Å². The molecule has 0 spiro atoms. The van der Waals surface area contributed by atoms with Crippen molar-refractivity contribution in [3.05, 3.63) is 29.8 Å². The van der Waals surface area contributed by atoms with Crippen LogP contribution in [0.25, 0.3) is 0 Å². The summed E-state index contributed by atoms with van der Waals surface area (Å²) in [6.45, 7) is 5.30. The van der Waals surface area contributed by atoms with E-state index in [1.165, 1.54) is 0 Å². The maximum Gasteiger partial charge on any atom is 0.306 e. The van der Waals surface area contributed by atoms with Gasteiger partial charge in [-0.1, -0.05) is 12.1 Å². The van der Waals surface area contributed by atoms with Crippen LogP contribution in [-0.4, -0.2) is 50.6 Å². The maximum absolute atomic E-state index is 12.9. The average molecular weight is 404 g/mol. The summed E-state index contributed by atoms with van der Waals surface area (Å²) in [6.07, 6.45) is 2.98. The van der Waals surface area contributed by atoms with Crippen LogP contribution in [0.2, 0.25) is 0 Å². The van der Waals surface area contributed by atoms with Gasteiger partial charge in [-0.3, -0.25) is 4.79 Å². The number of ether oxygens (including phenoxy) is 1. The van der Waals surface area contributed by atoms with Crippen LogP contribution in [0.5, 0.6) is 5.75 Å². The fourth-order valence-corrected chi connectivity index (χ4v) is 3.36. The van der Waals surface area contributed by atoms with Crippen molar-refractivity contribution in [1.29, 1.82) is 0 Å². The molecule has 0 radical (unpaired) electrons.